The zero-order valence-corrected chi connectivity index (χ0v) is 20.3. The average Bonchev–Trinajstić information content (AvgIpc) is 3.26. The molecule has 0 radical (unpaired) electrons. The Hall–Kier alpha value is -1.90. The summed E-state index contributed by atoms with van der Waals surface area (Å²) in [6.45, 7) is 14.2. The first-order valence-electron chi connectivity index (χ1n) is 12.2. The monoisotopic (exact) mass is 459 g/mol. The number of hydrogen-bond donors (Lipinski definition) is 1. The van der Waals surface area contributed by atoms with Crippen LogP contribution in [0.5, 0.6) is 5.75 Å². The maximum Gasteiger partial charge on any atom is 0.224 e. The van der Waals surface area contributed by atoms with Crippen molar-refractivity contribution >= 4 is 32.6 Å². The van der Waals surface area contributed by atoms with Crippen molar-refractivity contribution in [2.75, 3.05) is 70.4 Å². The number of piperidine rings is 1. The molecule has 32 heavy (non-hydrogen) atoms. The highest BCUT2D eigenvalue weighted by Gasteiger charge is 2.27. The van der Waals surface area contributed by atoms with E-state index in [0.29, 0.717) is 6.61 Å². The van der Waals surface area contributed by atoms with Crippen LogP contribution in [0.15, 0.2) is 18.2 Å². The van der Waals surface area contributed by atoms with Gasteiger partial charge in [-0.25, -0.2) is 4.98 Å². The van der Waals surface area contributed by atoms with Crippen LogP contribution in [0.25, 0.3) is 10.2 Å². The van der Waals surface area contributed by atoms with Crippen molar-refractivity contribution in [3.63, 3.8) is 0 Å². The fourth-order valence-electron chi connectivity index (χ4n) is 4.64. The molecule has 0 aliphatic carbocycles. The summed E-state index contributed by atoms with van der Waals surface area (Å²) in [5, 5.41) is 4.21. The van der Waals surface area contributed by atoms with E-state index in [2.05, 4.69) is 33.0 Å². The molecule has 0 unspecified atom stereocenters. The summed E-state index contributed by atoms with van der Waals surface area (Å²) in [6, 6.07) is 6.07. The van der Waals surface area contributed by atoms with E-state index < -0.39 is 0 Å². The van der Waals surface area contributed by atoms with E-state index in [1.54, 1.807) is 11.3 Å². The summed E-state index contributed by atoms with van der Waals surface area (Å²) < 4.78 is 6.76. The van der Waals surface area contributed by atoms with E-state index in [4.69, 9.17) is 9.72 Å². The minimum Gasteiger partial charge on any atom is -0.494 e. The molecular formula is C24H37N5O2S. The molecule has 1 atom stereocenters. The molecule has 1 aromatic heterocycles. The van der Waals surface area contributed by atoms with Gasteiger partial charge in [0.25, 0.3) is 0 Å². The summed E-state index contributed by atoms with van der Waals surface area (Å²) in [5.41, 5.74) is 1.000. The molecule has 1 amide bonds. The zero-order valence-electron chi connectivity index (χ0n) is 19.5. The van der Waals surface area contributed by atoms with Gasteiger partial charge in [0.2, 0.25) is 5.91 Å². The lowest BCUT2D eigenvalue weighted by Gasteiger charge is -2.34. The van der Waals surface area contributed by atoms with Crippen LogP contribution in [0.1, 0.15) is 33.1 Å². The number of benzene rings is 1. The molecule has 3 heterocycles. The Balaban J connectivity index is 1.23. The van der Waals surface area contributed by atoms with Gasteiger partial charge in [0.05, 0.1) is 22.7 Å². The molecule has 2 aromatic rings. The van der Waals surface area contributed by atoms with Crippen molar-refractivity contribution in [2.45, 2.75) is 33.1 Å². The second-order valence-corrected chi connectivity index (χ2v) is 9.77. The van der Waals surface area contributed by atoms with Crippen LogP contribution >= 0.6 is 11.3 Å². The van der Waals surface area contributed by atoms with Crippen LogP contribution in [-0.2, 0) is 4.79 Å². The lowest BCUT2D eigenvalue weighted by Crippen LogP contribution is -2.47. The number of hydrogen-bond acceptors (Lipinski definition) is 7. The highest BCUT2D eigenvalue weighted by molar-refractivity contribution is 7.22. The van der Waals surface area contributed by atoms with Crippen LogP contribution in [0.2, 0.25) is 0 Å². The van der Waals surface area contributed by atoms with Crippen LogP contribution in [0, 0.1) is 5.92 Å². The van der Waals surface area contributed by atoms with Gasteiger partial charge >= 0.3 is 0 Å². The molecule has 2 fully saturated rings. The SMILES string of the molecule is CCOc1ccc2nc(N3CCC[C@H](C(=O)NCCCN4CCN(CC)CC4)C3)sc2c1. The maximum absolute atomic E-state index is 12.8. The van der Waals surface area contributed by atoms with Crippen molar-refractivity contribution in [1.82, 2.24) is 20.1 Å². The van der Waals surface area contributed by atoms with Crippen molar-refractivity contribution in [1.29, 1.82) is 0 Å². The standard InChI is InChI=1S/C24H37N5O2S/c1-3-27-13-15-28(16-14-27)11-6-10-25-23(30)19-7-5-12-29(18-19)24-26-21-9-8-20(31-4-2)17-22(21)32-24/h8-9,17,19H,3-7,10-16,18H2,1-2H3,(H,25,30)/t19-/m0/s1. The number of aromatic nitrogens is 1. The van der Waals surface area contributed by atoms with Crippen LogP contribution < -0.4 is 15.0 Å². The summed E-state index contributed by atoms with van der Waals surface area (Å²) in [4.78, 5) is 24.9. The number of piperazine rings is 1. The van der Waals surface area contributed by atoms with Gasteiger partial charge in [-0.05, 0) is 57.5 Å². The molecule has 2 saturated heterocycles. The van der Waals surface area contributed by atoms with E-state index in [-0.39, 0.29) is 11.8 Å². The molecule has 7 nitrogen and oxygen atoms in total. The van der Waals surface area contributed by atoms with Crippen molar-refractivity contribution in [3.8, 4) is 5.75 Å². The smallest absolute Gasteiger partial charge is 0.224 e. The Bertz CT molecular complexity index is 880. The van der Waals surface area contributed by atoms with Crippen molar-refractivity contribution < 1.29 is 9.53 Å². The molecule has 2 aliphatic rings. The molecule has 0 bridgehead atoms. The predicted octanol–water partition coefficient (Wildman–Crippen LogP) is 3.06. The first-order chi connectivity index (χ1) is 15.7. The van der Waals surface area contributed by atoms with Gasteiger partial charge in [-0.15, -0.1) is 0 Å². The van der Waals surface area contributed by atoms with Crippen LogP contribution in [-0.4, -0.2) is 86.2 Å². The predicted molar refractivity (Wildman–Crippen MR) is 132 cm³/mol. The third-order valence-electron chi connectivity index (χ3n) is 6.58. The van der Waals surface area contributed by atoms with E-state index in [1.807, 2.05) is 19.1 Å². The third-order valence-corrected chi connectivity index (χ3v) is 7.66. The normalized spacial score (nSPS) is 20.6. The number of thiazole rings is 1. The first-order valence-corrected chi connectivity index (χ1v) is 13.0. The molecule has 1 N–H and O–H groups in total. The van der Waals surface area contributed by atoms with Crippen LogP contribution in [0.4, 0.5) is 5.13 Å². The number of amides is 1. The number of nitrogens with zero attached hydrogens (tertiary/aromatic N) is 4. The molecule has 2 aliphatic heterocycles. The van der Waals surface area contributed by atoms with E-state index >= 15 is 0 Å². The Labute approximate surface area is 195 Å². The third kappa shape index (κ3) is 5.91. The molecule has 4 rings (SSSR count). The first kappa shape index (κ1) is 23.3. The number of carbonyl (C=O) groups is 1. The average molecular weight is 460 g/mol. The Morgan fingerprint density at radius 3 is 2.78 bits per heavy atom. The van der Waals surface area contributed by atoms with Gasteiger partial charge in [0, 0.05) is 45.8 Å². The fraction of sp³-hybridized carbons (Fsp3) is 0.667. The summed E-state index contributed by atoms with van der Waals surface area (Å²) >= 11 is 1.69. The van der Waals surface area contributed by atoms with Gasteiger partial charge in [-0.2, -0.15) is 0 Å². The summed E-state index contributed by atoms with van der Waals surface area (Å²) in [5.74, 6) is 1.13. The maximum atomic E-state index is 12.8. The Kier molecular flexibility index (Phi) is 8.21. The molecule has 176 valence electrons. The Morgan fingerprint density at radius 2 is 2.00 bits per heavy atom. The quantitative estimate of drug-likeness (QED) is 0.582. The van der Waals surface area contributed by atoms with Crippen molar-refractivity contribution in [3.05, 3.63) is 18.2 Å². The van der Waals surface area contributed by atoms with E-state index in [1.165, 1.54) is 13.1 Å². The second-order valence-electron chi connectivity index (χ2n) is 8.76. The number of ether oxygens (including phenoxy) is 1. The lowest BCUT2D eigenvalue weighted by atomic mass is 9.97. The lowest BCUT2D eigenvalue weighted by molar-refractivity contribution is -0.125. The van der Waals surface area contributed by atoms with Gasteiger partial charge in [-0.1, -0.05) is 18.3 Å². The van der Waals surface area contributed by atoms with Gasteiger partial charge in [0.15, 0.2) is 5.13 Å². The van der Waals surface area contributed by atoms with Gasteiger partial charge in [0.1, 0.15) is 5.75 Å². The topological polar surface area (TPSA) is 60.9 Å². The van der Waals surface area contributed by atoms with Crippen molar-refractivity contribution in [2.24, 2.45) is 5.92 Å². The number of carbonyl (C=O) groups excluding carboxylic acids is 1. The van der Waals surface area contributed by atoms with E-state index in [0.717, 1.165) is 86.2 Å². The number of anilines is 1. The minimum atomic E-state index is 0.0443. The molecule has 0 spiro atoms. The largest absolute Gasteiger partial charge is 0.494 e. The van der Waals surface area contributed by atoms with Gasteiger partial charge < -0.3 is 24.8 Å². The highest BCUT2D eigenvalue weighted by Crippen LogP contribution is 2.33. The molecule has 1 aromatic carbocycles. The second kappa shape index (κ2) is 11.3. The zero-order chi connectivity index (χ0) is 22.3. The van der Waals surface area contributed by atoms with Crippen LogP contribution in [0.3, 0.4) is 0 Å². The number of fused-ring (bicyclic) bond motifs is 1. The molecular weight excluding hydrogens is 422 g/mol. The van der Waals surface area contributed by atoms with Gasteiger partial charge in [-0.3, -0.25) is 4.79 Å². The molecule has 0 saturated carbocycles. The molecule has 8 heteroatoms. The number of nitrogens with one attached hydrogen (secondary N) is 1. The Morgan fingerprint density at radius 1 is 1.19 bits per heavy atom. The number of likely N-dealkylation sites (N-methyl/N-ethyl adjacent to an activating group) is 1. The highest BCUT2D eigenvalue weighted by atomic mass is 32.1. The summed E-state index contributed by atoms with van der Waals surface area (Å²) in [6.07, 6.45) is 3.01. The minimum absolute atomic E-state index is 0.0443. The number of rotatable bonds is 9. The van der Waals surface area contributed by atoms with E-state index in [9.17, 15) is 4.79 Å². The fourth-order valence-corrected chi connectivity index (χ4v) is 5.67. The summed E-state index contributed by atoms with van der Waals surface area (Å²) in [7, 11) is 0.